The molecule has 8 nitrogen and oxygen atoms in total. The zero-order valence-electron chi connectivity index (χ0n) is 11.0. The van der Waals surface area contributed by atoms with Crippen molar-refractivity contribution in [2.45, 2.75) is 12.5 Å². The van der Waals surface area contributed by atoms with E-state index in [0.717, 1.165) is 5.69 Å². The van der Waals surface area contributed by atoms with Crippen molar-refractivity contribution >= 4 is 11.9 Å². The van der Waals surface area contributed by atoms with Gasteiger partial charge in [-0.1, -0.05) is 23.4 Å². The molecule has 3 N–H and O–H groups in total. The van der Waals surface area contributed by atoms with Crippen molar-refractivity contribution < 1.29 is 19.8 Å². The highest BCUT2D eigenvalue weighted by Gasteiger charge is 2.15. The van der Waals surface area contributed by atoms with E-state index in [1.54, 1.807) is 0 Å². The van der Waals surface area contributed by atoms with E-state index in [-0.39, 0.29) is 18.7 Å². The lowest BCUT2D eigenvalue weighted by Gasteiger charge is -2.05. The summed E-state index contributed by atoms with van der Waals surface area (Å²) in [6.07, 6.45) is -0.100. The number of carbonyl (C=O) groups excluding carboxylic acids is 1. The van der Waals surface area contributed by atoms with Crippen LogP contribution < -0.4 is 5.32 Å². The Bertz CT molecular complexity index is 626. The lowest BCUT2D eigenvalue weighted by Crippen LogP contribution is -2.30. The lowest BCUT2D eigenvalue weighted by molar-refractivity contribution is -0.146. The van der Waals surface area contributed by atoms with Crippen molar-refractivity contribution in [2.75, 3.05) is 6.54 Å². The van der Waals surface area contributed by atoms with E-state index in [2.05, 4.69) is 15.6 Å². The molecule has 1 atom stereocenters. The summed E-state index contributed by atoms with van der Waals surface area (Å²) < 4.78 is 1.46. The highest BCUT2D eigenvalue weighted by molar-refractivity contribution is 5.91. The number of carbonyl (C=O) groups is 2. The fraction of sp³-hybridized carbons (Fsp3) is 0.231. The molecule has 0 spiro atoms. The van der Waals surface area contributed by atoms with Crippen molar-refractivity contribution in [3.8, 4) is 5.69 Å². The second kappa shape index (κ2) is 6.62. The summed E-state index contributed by atoms with van der Waals surface area (Å²) in [5.41, 5.74) is 0.883. The molecule has 110 valence electrons. The van der Waals surface area contributed by atoms with E-state index < -0.39 is 18.0 Å². The molecule has 0 aliphatic carbocycles. The van der Waals surface area contributed by atoms with Crippen LogP contribution in [0.3, 0.4) is 0 Å². The molecule has 0 bridgehead atoms. The minimum absolute atomic E-state index is 0.0322. The Morgan fingerprint density at radius 2 is 2.00 bits per heavy atom. The van der Waals surface area contributed by atoms with Gasteiger partial charge in [-0.05, 0) is 12.1 Å². The van der Waals surface area contributed by atoms with E-state index in [1.165, 1.54) is 10.9 Å². The normalized spacial score (nSPS) is 11.9. The third-order valence-corrected chi connectivity index (χ3v) is 2.74. The fourth-order valence-corrected chi connectivity index (χ4v) is 1.61. The van der Waals surface area contributed by atoms with Gasteiger partial charge in [-0.2, -0.15) is 0 Å². The number of aromatic nitrogens is 3. The molecule has 0 aliphatic heterocycles. The van der Waals surface area contributed by atoms with Gasteiger partial charge in [0.25, 0.3) is 5.91 Å². The van der Waals surface area contributed by atoms with Gasteiger partial charge in [0.2, 0.25) is 0 Å². The van der Waals surface area contributed by atoms with Gasteiger partial charge in [-0.25, -0.2) is 9.48 Å². The predicted molar refractivity (Wildman–Crippen MR) is 72.0 cm³/mol. The number of para-hydroxylation sites is 1. The summed E-state index contributed by atoms with van der Waals surface area (Å²) in [6, 6.07) is 9.18. The molecule has 0 saturated heterocycles. The predicted octanol–water partition coefficient (Wildman–Crippen LogP) is -0.167. The Hall–Kier alpha value is -2.74. The molecule has 1 aromatic heterocycles. The second-order valence-electron chi connectivity index (χ2n) is 4.28. The van der Waals surface area contributed by atoms with Gasteiger partial charge in [-0.15, -0.1) is 5.10 Å². The molecule has 2 aromatic rings. The number of nitrogens with zero attached hydrogens (tertiary/aromatic N) is 3. The average molecular weight is 290 g/mol. The first-order valence-electron chi connectivity index (χ1n) is 6.25. The molecule has 0 aliphatic rings. The van der Waals surface area contributed by atoms with Crippen molar-refractivity contribution in [3.63, 3.8) is 0 Å². The Labute approximate surface area is 120 Å². The monoisotopic (exact) mass is 290 g/mol. The van der Waals surface area contributed by atoms with Crippen LogP contribution in [0.1, 0.15) is 16.9 Å². The molecular formula is C13H14N4O4. The summed E-state index contributed by atoms with van der Waals surface area (Å²) in [6.45, 7) is 0.0322. The number of rotatable bonds is 6. The topological polar surface area (TPSA) is 117 Å². The minimum Gasteiger partial charge on any atom is -0.479 e. The first-order chi connectivity index (χ1) is 10.1. The van der Waals surface area contributed by atoms with E-state index in [1.807, 2.05) is 30.3 Å². The van der Waals surface area contributed by atoms with Gasteiger partial charge in [0.05, 0.1) is 11.9 Å². The van der Waals surface area contributed by atoms with Crippen molar-refractivity contribution in [3.05, 3.63) is 42.2 Å². The Kier molecular flexibility index (Phi) is 4.62. The average Bonchev–Trinajstić information content (AvgIpc) is 2.97. The Morgan fingerprint density at radius 3 is 2.67 bits per heavy atom. The Balaban J connectivity index is 1.92. The lowest BCUT2D eigenvalue weighted by atomic mass is 10.2. The Morgan fingerprint density at radius 1 is 1.29 bits per heavy atom. The largest absolute Gasteiger partial charge is 0.479 e. The number of amides is 1. The van der Waals surface area contributed by atoms with Crippen molar-refractivity contribution in [2.24, 2.45) is 0 Å². The third-order valence-electron chi connectivity index (χ3n) is 2.74. The fourth-order valence-electron chi connectivity index (χ4n) is 1.61. The molecule has 0 saturated carbocycles. The number of hydrogen-bond acceptors (Lipinski definition) is 5. The maximum atomic E-state index is 11.8. The molecule has 1 heterocycles. The van der Waals surface area contributed by atoms with E-state index in [9.17, 15) is 9.59 Å². The molecule has 0 radical (unpaired) electrons. The van der Waals surface area contributed by atoms with Gasteiger partial charge in [0.15, 0.2) is 11.8 Å². The van der Waals surface area contributed by atoms with Crippen LogP contribution in [0.15, 0.2) is 36.5 Å². The molecule has 1 amide bonds. The van der Waals surface area contributed by atoms with Crippen LogP contribution in [0, 0.1) is 0 Å². The molecule has 2 rings (SSSR count). The van der Waals surface area contributed by atoms with Gasteiger partial charge in [0.1, 0.15) is 0 Å². The number of carboxylic acids is 1. The van der Waals surface area contributed by atoms with Gasteiger partial charge >= 0.3 is 5.97 Å². The summed E-state index contributed by atoms with van der Waals surface area (Å²) in [7, 11) is 0. The maximum Gasteiger partial charge on any atom is 0.332 e. The van der Waals surface area contributed by atoms with Crippen LogP contribution in [-0.4, -0.2) is 49.7 Å². The smallest absolute Gasteiger partial charge is 0.332 e. The maximum absolute atomic E-state index is 11.8. The third kappa shape index (κ3) is 3.86. The number of nitrogens with one attached hydrogen (secondary N) is 1. The molecule has 8 heteroatoms. The van der Waals surface area contributed by atoms with Gasteiger partial charge < -0.3 is 15.5 Å². The first-order valence-corrected chi connectivity index (χ1v) is 6.25. The van der Waals surface area contributed by atoms with Crippen LogP contribution in [0.25, 0.3) is 5.69 Å². The van der Waals surface area contributed by atoms with Crippen molar-refractivity contribution in [1.82, 2.24) is 20.3 Å². The zero-order chi connectivity index (χ0) is 15.2. The number of benzene rings is 1. The second-order valence-corrected chi connectivity index (χ2v) is 4.28. The number of aliphatic carboxylic acids is 1. The first kappa shape index (κ1) is 14.7. The zero-order valence-corrected chi connectivity index (χ0v) is 11.0. The standard InChI is InChI=1S/C13H14N4O4/c18-11(13(20)21)6-7-14-12(19)10-8-17(16-15-10)9-4-2-1-3-5-9/h1-5,8,11,18H,6-7H2,(H,14,19)(H,20,21)/t11-/m0/s1. The molecular weight excluding hydrogens is 276 g/mol. The number of carboxylic acid groups (broad SMARTS) is 1. The van der Waals surface area contributed by atoms with Crippen LogP contribution in [0.4, 0.5) is 0 Å². The number of aliphatic hydroxyl groups is 1. The highest BCUT2D eigenvalue weighted by atomic mass is 16.4. The van der Waals surface area contributed by atoms with Crippen LogP contribution in [0.5, 0.6) is 0 Å². The number of aliphatic hydroxyl groups excluding tert-OH is 1. The quantitative estimate of drug-likeness (QED) is 0.680. The number of hydrogen-bond donors (Lipinski definition) is 3. The van der Waals surface area contributed by atoms with Crippen LogP contribution in [-0.2, 0) is 4.79 Å². The summed E-state index contributed by atoms with van der Waals surface area (Å²) in [5, 5.41) is 27.6. The molecule has 1 aromatic carbocycles. The highest BCUT2D eigenvalue weighted by Crippen LogP contribution is 2.05. The minimum atomic E-state index is -1.50. The van der Waals surface area contributed by atoms with E-state index in [4.69, 9.17) is 10.2 Å². The summed E-state index contributed by atoms with van der Waals surface area (Å²) in [5.74, 6) is -1.80. The van der Waals surface area contributed by atoms with Gasteiger partial charge in [0, 0.05) is 13.0 Å². The molecule has 0 unspecified atom stereocenters. The van der Waals surface area contributed by atoms with E-state index >= 15 is 0 Å². The SMILES string of the molecule is O=C(NCC[C@H](O)C(=O)O)c1cn(-c2ccccc2)nn1. The summed E-state index contributed by atoms with van der Waals surface area (Å²) in [4.78, 5) is 22.2. The van der Waals surface area contributed by atoms with Crippen LogP contribution >= 0.6 is 0 Å². The summed E-state index contributed by atoms with van der Waals surface area (Å²) >= 11 is 0. The van der Waals surface area contributed by atoms with Crippen LogP contribution in [0.2, 0.25) is 0 Å². The van der Waals surface area contributed by atoms with E-state index in [0.29, 0.717) is 0 Å². The molecule has 21 heavy (non-hydrogen) atoms. The molecule has 0 fully saturated rings. The van der Waals surface area contributed by atoms with Crippen molar-refractivity contribution in [1.29, 1.82) is 0 Å². The van der Waals surface area contributed by atoms with Gasteiger partial charge in [-0.3, -0.25) is 4.79 Å².